The molecule has 2 saturated heterocycles. The summed E-state index contributed by atoms with van der Waals surface area (Å²) in [7, 11) is 2.39. The van der Waals surface area contributed by atoms with Crippen LogP contribution in [0.1, 0.15) is 64.2 Å². The SMILES string of the molecule is CN(CC1CCCCCC1)C1CC2CCC(C1)N2. The summed E-state index contributed by atoms with van der Waals surface area (Å²) in [4.78, 5) is 2.71. The molecule has 2 unspecified atom stereocenters. The van der Waals surface area contributed by atoms with Gasteiger partial charge in [0.15, 0.2) is 0 Å². The molecular formula is C16H30N2. The molecule has 1 aliphatic carbocycles. The summed E-state index contributed by atoms with van der Waals surface area (Å²) in [5.41, 5.74) is 0. The van der Waals surface area contributed by atoms with Gasteiger partial charge in [0.25, 0.3) is 0 Å². The normalized spacial score (nSPS) is 38.0. The van der Waals surface area contributed by atoms with Gasteiger partial charge in [-0.25, -0.2) is 0 Å². The van der Waals surface area contributed by atoms with Crippen LogP contribution in [0.4, 0.5) is 0 Å². The number of hydrogen-bond acceptors (Lipinski definition) is 2. The number of fused-ring (bicyclic) bond motifs is 2. The fourth-order valence-corrected chi connectivity index (χ4v) is 4.49. The third-order valence-corrected chi connectivity index (χ3v) is 5.59. The van der Waals surface area contributed by atoms with Gasteiger partial charge in [0.1, 0.15) is 0 Å². The van der Waals surface area contributed by atoms with Gasteiger partial charge >= 0.3 is 0 Å². The lowest BCUT2D eigenvalue weighted by Crippen LogP contribution is -2.48. The minimum Gasteiger partial charge on any atom is -0.311 e. The molecule has 2 heterocycles. The van der Waals surface area contributed by atoms with Gasteiger partial charge in [-0.15, -0.1) is 0 Å². The molecule has 3 rings (SSSR count). The van der Waals surface area contributed by atoms with E-state index in [0.29, 0.717) is 0 Å². The maximum Gasteiger partial charge on any atom is 0.0122 e. The Balaban J connectivity index is 1.49. The Morgan fingerprint density at radius 2 is 1.50 bits per heavy atom. The van der Waals surface area contributed by atoms with Crippen molar-refractivity contribution in [3.05, 3.63) is 0 Å². The first-order chi connectivity index (χ1) is 8.81. The lowest BCUT2D eigenvalue weighted by Gasteiger charge is -2.37. The Kier molecular flexibility index (Phi) is 4.25. The zero-order chi connectivity index (χ0) is 12.4. The van der Waals surface area contributed by atoms with Crippen LogP contribution in [0.3, 0.4) is 0 Å². The van der Waals surface area contributed by atoms with E-state index in [2.05, 4.69) is 17.3 Å². The van der Waals surface area contributed by atoms with E-state index in [0.717, 1.165) is 24.0 Å². The number of hydrogen-bond donors (Lipinski definition) is 1. The summed E-state index contributed by atoms with van der Waals surface area (Å²) in [6.45, 7) is 1.37. The quantitative estimate of drug-likeness (QED) is 0.774. The maximum atomic E-state index is 3.76. The topological polar surface area (TPSA) is 15.3 Å². The highest BCUT2D eigenvalue weighted by Gasteiger charge is 2.35. The summed E-state index contributed by atoms with van der Waals surface area (Å²) in [5.74, 6) is 0.991. The fourth-order valence-electron chi connectivity index (χ4n) is 4.49. The molecule has 2 atom stereocenters. The highest BCUT2D eigenvalue weighted by atomic mass is 15.2. The molecule has 2 aliphatic heterocycles. The zero-order valence-corrected chi connectivity index (χ0v) is 12.0. The van der Waals surface area contributed by atoms with Crippen LogP contribution in [0.15, 0.2) is 0 Å². The highest BCUT2D eigenvalue weighted by molar-refractivity contribution is 4.95. The van der Waals surface area contributed by atoms with Gasteiger partial charge in [-0.2, -0.15) is 0 Å². The van der Waals surface area contributed by atoms with Crippen LogP contribution in [0.25, 0.3) is 0 Å². The Bertz CT molecular complexity index is 246. The van der Waals surface area contributed by atoms with E-state index in [1.54, 1.807) is 0 Å². The first-order valence-electron chi connectivity index (χ1n) is 8.27. The third kappa shape index (κ3) is 3.08. The van der Waals surface area contributed by atoms with Gasteiger partial charge in [-0.1, -0.05) is 25.7 Å². The van der Waals surface area contributed by atoms with Gasteiger partial charge in [0.2, 0.25) is 0 Å². The second-order valence-corrected chi connectivity index (χ2v) is 7.06. The van der Waals surface area contributed by atoms with E-state index < -0.39 is 0 Å². The van der Waals surface area contributed by atoms with Crippen molar-refractivity contribution in [2.75, 3.05) is 13.6 Å². The van der Waals surface area contributed by atoms with Gasteiger partial charge in [0.05, 0.1) is 0 Å². The summed E-state index contributed by atoms with van der Waals surface area (Å²) in [6, 6.07) is 2.54. The molecule has 2 nitrogen and oxygen atoms in total. The molecule has 0 radical (unpaired) electrons. The molecular weight excluding hydrogens is 220 g/mol. The molecule has 0 aromatic heterocycles. The lowest BCUT2D eigenvalue weighted by atomic mass is 9.95. The van der Waals surface area contributed by atoms with Crippen LogP contribution >= 0.6 is 0 Å². The summed E-state index contributed by atoms with van der Waals surface area (Å²) < 4.78 is 0. The van der Waals surface area contributed by atoms with E-state index >= 15 is 0 Å². The van der Waals surface area contributed by atoms with Crippen molar-refractivity contribution >= 4 is 0 Å². The Morgan fingerprint density at radius 3 is 2.11 bits per heavy atom. The molecule has 0 spiro atoms. The van der Waals surface area contributed by atoms with Crippen molar-refractivity contribution in [2.45, 2.75) is 82.3 Å². The van der Waals surface area contributed by atoms with Gasteiger partial charge < -0.3 is 10.2 Å². The molecule has 1 N–H and O–H groups in total. The number of rotatable bonds is 3. The molecule has 18 heavy (non-hydrogen) atoms. The first kappa shape index (κ1) is 12.9. The molecule has 104 valence electrons. The van der Waals surface area contributed by atoms with Crippen molar-refractivity contribution in [2.24, 2.45) is 5.92 Å². The molecule has 3 fully saturated rings. The molecule has 0 amide bonds. The second-order valence-electron chi connectivity index (χ2n) is 7.06. The Morgan fingerprint density at radius 1 is 0.889 bits per heavy atom. The minimum absolute atomic E-state index is 0.838. The van der Waals surface area contributed by atoms with Crippen molar-refractivity contribution in [1.82, 2.24) is 10.2 Å². The minimum atomic E-state index is 0.838. The second kappa shape index (κ2) is 5.92. The predicted octanol–water partition coefficient (Wildman–Crippen LogP) is 3.17. The van der Waals surface area contributed by atoms with Gasteiger partial charge in [-0.3, -0.25) is 0 Å². The molecule has 0 aromatic carbocycles. The van der Waals surface area contributed by atoms with Crippen molar-refractivity contribution in [3.63, 3.8) is 0 Å². The van der Waals surface area contributed by atoms with Crippen molar-refractivity contribution in [1.29, 1.82) is 0 Å². The average Bonchev–Trinajstić information content (AvgIpc) is 2.58. The number of nitrogens with one attached hydrogen (secondary N) is 1. The Labute approximate surface area is 113 Å². The standard InChI is InChI=1S/C16H30N2/c1-18(12-13-6-4-2-3-5-7-13)16-10-14-8-9-15(11-16)17-14/h13-17H,2-12H2,1H3. The summed E-state index contributed by atoms with van der Waals surface area (Å²) >= 11 is 0. The summed E-state index contributed by atoms with van der Waals surface area (Å²) in [6.07, 6.45) is 14.6. The van der Waals surface area contributed by atoms with Crippen molar-refractivity contribution < 1.29 is 0 Å². The Hall–Kier alpha value is -0.0800. The lowest BCUT2D eigenvalue weighted by molar-refractivity contribution is 0.146. The van der Waals surface area contributed by atoms with E-state index in [1.807, 2.05) is 0 Å². The van der Waals surface area contributed by atoms with Crippen LogP contribution in [-0.4, -0.2) is 36.6 Å². The van der Waals surface area contributed by atoms with Crippen LogP contribution in [-0.2, 0) is 0 Å². The average molecular weight is 250 g/mol. The van der Waals surface area contributed by atoms with Crippen LogP contribution in [0.5, 0.6) is 0 Å². The molecule has 2 bridgehead atoms. The van der Waals surface area contributed by atoms with E-state index in [9.17, 15) is 0 Å². The van der Waals surface area contributed by atoms with Crippen molar-refractivity contribution in [3.8, 4) is 0 Å². The predicted molar refractivity (Wildman–Crippen MR) is 76.8 cm³/mol. The summed E-state index contributed by atoms with van der Waals surface area (Å²) in [5, 5.41) is 3.76. The molecule has 3 aliphatic rings. The van der Waals surface area contributed by atoms with Gasteiger partial charge in [-0.05, 0) is 51.5 Å². The molecule has 2 heteroatoms. The fraction of sp³-hybridized carbons (Fsp3) is 1.00. The number of piperidine rings is 1. The smallest absolute Gasteiger partial charge is 0.0122 e. The van der Waals surface area contributed by atoms with Crippen LogP contribution in [0.2, 0.25) is 0 Å². The van der Waals surface area contributed by atoms with E-state index in [4.69, 9.17) is 0 Å². The van der Waals surface area contributed by atoms with E-state index in [-0.39, 0.29) is 0 Å². The van der Waals surface area contributed by atoms with Gasteiger partial charge in [0, 0.05) is 24.7 Å². The highest BCUT2D eigenvalue weighted by Crippen LogP contribution is 2.31. The molecule has 0 aromatic rings. The van der Waals surface area contributed by atoms with Crippen LogP contribution in [0, 0.1) is 5.92 Å². The first-order valence-corrected chi connectivity index (χ1v) is 8.27. The zero-order valence-electron chi connectivity index (χ0n) is 12.0. The third-order valence-electron chi connectivity index (χ3n) is 5.59. The molecule has 1 saturated carbocycles. The largest absolute Gasteiger partial charge is 0.311 e. The van der Waals surface area contributed by atoms with E-state index in [1.165, 1.54) is 70.8 Å². The van der Waals surface area contributed by atoms with Crippen LogP contribution < -0.4 is 5.32 Å². The maximum absolute atomic E-state index is 3.76. The monoisotopic (exact) mass is 250 g/mol. The number of nitrogens with zero attached hydrogens (tertiary/aromatic N) is 1.